The van der Waals surface area contributed by atoms with Crippen LogP contribution >= 0.6 is 0 Å². The maximum absolute atomic E-state index is 14.1. The molecule has 0 bridgehead atoms. The third-order valence-corrected chi connectivity index (χ3v) is 8.71. The summed E-state index contributed by atoms with van der Waals surface area (Å²) in [6.45, 7) is 4.23. The van der Waals surface area contributed by atoms with Crippen molar-refractivity contribution in [1.29, 1.82) is 0 Å². The average molecular weight is 594 g/mol. The van der Waals surface area contributed by atoms with Crippen molar-refractivity contribution in [3.63, 3.8) is 0 Å². The van der Waals surface area contributed by atoms with Gasteiger partial charge in [0.05, 0.1) is 24.8 Å². The van der Waals surface area contributed by atoms with Gasteiger partial charge in [0.15, 0.2) is 0 Å². The van der Waals surface area contributed by atoms with E-state index in [0.29, 0.717) is 39.1 Å². The van der Waals surface area contributed by atoms with Gasteiger partial charge in [-0.1, -0.05) is 0 Å². The maximum Gasteiger partial charge on any atom is 0.416 e. The van der Waals surface area contributed by atoms with Crippen molar-refractivity contribution >= 4 is 17.6 Å². The van der Waals surface area contributed by atoms with E-state index in [1.807, 2.05) is 0 Å². The van der Waals surface area contributed by atoms with Gasteiger partial charge >= 0.3 is 12.1 Å². The second-order valence-corrected chi connectivity index (χ2v) is 11.4. The first kappa shape index (κ1) is 30.1. The van der Waals surface area contributed by atoms with Gasteiger partial charge in [-0.2, -0.15) is 13.2 Å². The molecule has 0 aromatic heterocycles. The van der Waals surface area contributed by atoms with Gasteiger partial charge in [0, 0.05) is 49.5 Å². The van der Waals surface area contributed by atoms with E-state index in [9.17, 15) is 32.3 Å². The molecular weight excluding hydrogens is 558 g/mol. The molecule has 0 unspecified atom stereocenters. The standard InChI is InChI=1S/C30H35F4N3O5/c1-18-16-36(11-12-37(18)22-6-7-25(31)24(14-22)27(39)41-2)23-9-10-29(42-17-23,20-3-4-20)28(40)35-15-19-13-21(30(32,33)34)5-8-26(19)38/h5-8,13-14,18,20,23,38H,3-4,9-12,15-17H2,1-2H3,(H,35,40)/t18-,23+,29-/m0/s1. The number of hydrogen-bond acceptors (Lipinski definition) is 7. The van der Waals surface area contributed by atoms with Crippen LogP contribution in [0.1, 0.15) is 54.1 Å². The zero-order valence-corrected chi connectivity index (χ0v) is 23.5. The molecule has 42 heavy (non-hydrogen) atoms. The van der Waals surface area contributed by atoms with Gasteiger partial charge < -0.3 is 24.8 Å². The Bertz CT molecular complexity index is 1320. The minimum Gasteiger partial charge on any atom is -0.508 e. The first-order valence-electron chi connectivity index (χ1n) is 14.1. The highest BCUT2D eigenvalue weighted by Gasteiger charge is 2.54. The van der Waals surface area contributed by atoms with Crippen LogP contribution in [-0.4, -0.2) is 72.9 Å². The van der Waals surface area contributed by atoms with Crippen LogP contribution in [0, 0.1) is 11.7 Å². The summed E-state index contributed by atoms with van der Waals surface area (Å²) in [4.78, 5) is 29.8. The zero-order chi connectivity index (χ0) is 30.2. The summed E-state index contributed by atoms with van der Waals surface area (Å²) < 4.78 is 64.6. The third-order valence-electron chi connectivity index (χ3n) is 8.71. The lowest BCUT2D eigenvalue weighted by molar-refractivity contribution is -0.165. The number of nitrogens with one attached hydrogen (secondary N) is 1. The van der Waals surface area contributed by atoms with Crippen molar-refractivity contribution in [1.82, 2.24) is 10.2 Å². The van der Waals surface area contributed by atoms with Gasteiger partial charge in [-0.3, -0.25) is 9.69 Å². The molecule has 2 aromatic rings. The minimum absolute atomic E-state index is 0.00970. The fourth-order valence-corrected chi connectivity index (χ4v) is 6.19. The number of amides is 1. The van der Waals surface area contributed by atoms with E-state index >= 15 is 0 Å². The SMILES string of the molecule is COC(=O)c1cc(N2CCN([C@@H]3CC[C@@](C(=O)NCc4cc(C(F)(F)F)ccc4O)(C4CC4)OC3)C[C@@H]2C)ccc1F. The molecule has 228 valence electrons. The molecule has 0 spiro atoms. The smallest absolute Gasteiger partial charge is 0.416 e. The van der Waals surface area contributed by atoms with Crippen LogP contribution in [-0.2, 0) is 27.0 Å². The highest BCUT2D eigenvalue weighted by Crippen LogP contribution is 2.47. The van der Waals surface area contributed by atoms with E-state index in [1.165, 1.54) is 19.2 Å². The predicted molar refractivity (Wildman–Crippen MR) is 146 cm³/mol. The van der Waals surface area contributed by atoms with Crippen molar-refractivity contribution in [2.75, 3.05) is 38.3 Å². The monoisotopic (exact) mass is 593 g/mol. The minimum atomic E-state index is -4.56. The van der Waals surface area contributed by atoms with Crippen LogP contribution < -0.4 is 10.2 Å². The van der Waals surface area contributed by atoms with Crippen molar-refractivity contribution in [3.05, 3.63) is 58.9 Å². The Balaban J connectivity index is 1.19. The quantitative estimate of drug-likeness (QED) is 0.361. The lowest BCUT2D eigenvalue weighted by Crippen LogP contribution is -2.60. The molecule has 0 radical (unpaired) electrons. The number of carbonyl (C=O) groups is 2. The molecule has 1 amide bonds. The van der Waals surface area contributed by atoms with Crippen molar-refractivity contribution < 1.29 is 41.7 Å². The van der Waals surface area contributed by atoms with E-state index in [-0.39, 0.29) is 47.3 Å². The average Bonchev–Trinajstić information content (AvgIpc) is 3.82. The number of rotatable bonds is 7. The topological polar surface area (TPSA) is 91.3 Å². The molecule has 1 aliphatic carbocycles. The highest BCUT2D eigenvalue weighted by atomic mass is 19.4. The number of hydrogen-bond donors (Lipinski definition) is 2. The maximum atomic E-state index is 14.1. The first-order valence-corrected chi connectivity index (χ1v) is 14.1. The molecule has 12 heteroatoms. The number of phenols is 1. The number of benzene rings is 2. The van der Waals surface area contributed by atoms with Crippen LogP contribution in [0.25, 0.3) is 0 Å². The van der Waals surface area contributed by atoms with Crippen molar-refractivity contribution in [2.24, 2.45) is 5.92 Å². The lowest BCUT2D eigenvalue weighted by Gasteiger charge is -2.48. The van der Waals surface area contributed by atoms with Gasteiger partial charge in [0.1, 0.15) is 17.2 Å². The summed E-state index contributed by atoms with van der Waals surface area (Å²) >= 11 is 0. The van der Waals surface area contributed by atoms with Gasteiger partial charge in [-0.25, -0.2) is 9.18 Å². The van der Waals surface area contributed by atoms with Crippen LogP contribution in [0.2, 0.25) is 0 Å². The summed E-state index contributed by atoms with van der Waals surface area (Å²) in [5, 5.41) is 12.8. The van der Waals surface area contributed by atoms with E-state index in [4.69, 9.17) is 9.47 Å². The summed E-state index contributed by atoms with van der Waals surface area (Å²) in [5.74, 6) is -1.99. The Morgan fingerprint density at radius 3 is 2.52 bits per heavy atom. The molecule has 5 rings (SSSR count). The lowest BCUT2D eigenvalue weighted by atomic mass is 9.85. The van der Waals surface area contributed by atoms with Crippen LogP contribution in [0.15, 0.2) is 36.4 Å². The summed E-state index contributed by atoms with van der Waals surface area (Å²) in [6.07, 6.45) is -1.68. The second kappa shape index (κ2) is 11.7. The molecule has 2 heterocycles. The second-order valence-electron chi connectivity index (χ2n) is 11.4. The number of methoxy groups -OCH3 is 1. The van der Waals surface area contributed by atoms with Crippen molar-refractivity contribution in [2.45, 2.75) is 63.0 Å². The first-order chi connectivity index (χ1) is 19.9. The number of phenolic OH excluding ortho intramolecular Hbond substituents is 1. The van der Waals surface area contributed by atoms with E-state index in [2.05, 4.69) is 22.0 Å². The van der Waals surface area contributed by atoms with Crippen molar-refractivity contribution in [3.8, 4) is 5.75 Å². The zero-order valence-electron chi connectivity index (χ0n) is 23.5. The summed E-state index contributed by atoms with van der Waals surface area (Å²) in [6, 6.07) is 7.22. The van der Waals surface area contributed by atoms with Gasteiger partial charge in [0.25, 0.3) is 5.91 Å². The van der Waals surface area contributed by atoms with Gasteiger partial charge in [-0.05, 0) is 74.9 Å². The Morgan fingerprint density at radius 2 is 1.90 bits per heavy atom. The third kappa shape index (κ3) is 6.05. The number of aromatic hydroxyl groups is 1. The number of halogens is 4. The van der Waals surface area contributed by atoms with E-state index in [0.717, 1.165) is 36.7 Å². The Kier molecular flexibility index (Phi) is 8.39. The summed E-state index contributed by atoms with van der Waals surface area (Å²) in [5.41, 5.74) is -1.32. The predicted octanol–water partition coefficient (Wildman–Crippen LogP) is 4.49. The van der Waals surface area contributed by atoms with Gasteiger partial charge in [-0.15, -0.1) is 0 Å². The molecular formula is C30H35F4N3O5. The van der Waals surface area contributed by atoms with E-state index < -0.39 is 29.1 Å². The molecule has 2 aromatic carbocycles. The largest absolute Gasteiger partial charge is 0.508 e. The number of ether oxygens (including phenoxy) is 2. The summed E-state index contributed by atoms with van der Waals surface area (Å²) in [7, 11) is 1.21. The molecule has 2 N–H and O–H groups in total. The van der Waals surface area contributed by atoms with Crippen LogP contribution in [0.4, 0.5) is 23.2 Å². The number of esters is 1. The molecule has 3 atom stereocenters. The Morgan fingerprint density at radius 1 is 1.14 bits per heavy atom. The molecule has 1 saturated carbocycles. The fraction of sp³-hybridized carbons (Fsp3) is 0.533. The molecule has 2 aliphatic heterocycles. The number of nitrogens with zero attached hydrogens (tertiary/aromatic N) is 2. The van der Waals surface area contributed by atoms with Crippen LogP contribution in [0.3, 0.4) is 0 Å². The fourth-order valence-electron chi connectivity index (χ4n) is 6.19. The molecule has 3 fully saturated rings. The van der Waals surface area contributed by atoms with Gasteiger partial charge in [0.2, 0.25) is 0 Å². The number of piperazine rings is 1. The highest BCUT2D eigenvalue weighted by molar-refractivity contribution is 5.91. The number of carbonyl (C=O) groups excluding carboxylic acids is 2. The number of anilines is 1. The van der Waals surface area contributed by atoms with Crippen LogP contribution in [0.5, 0.6) is 5.75 Å². The Labute approximate surface area is 241 Å². The molecule has 3 aliphatic rings. The number of alkyl halides is 3. The molecule has 8 nitrogen and oxygen atoms in total. The van der Waals surface area contributed by atoms with E-state index in [1.54, 1.807) is 6.07 Å². The molecule has 2 saturated heterocycles. The Hall–Kier alpha value is -3.38. The normalized spacial score (nSPS) is 25.2.